The first kappa shape index (κ1) is 24.6. The minimum absolute atomic E-state index is 0.0509. The molecule has 0 spiro atoms. The van der Waals surface area contributed by atoms with Crippen LogP contribution in [0.4, 0.5) is 5.69 Å². The quantitative estimate of drug-likeness (QED) is 0.177. The summed E-state index contributed by atoms with van der Waals surface area (Å²) in [5.41, 5.74) is 1.28. The number of aliphatic imine (C=N–C) groups is 1. The Morgan fingerprint density at radius 2 is 1.49 bits per heavy atom. The zero-order chi connectivity index (χ0) is 24.8. The summed E-state index contributed by atoms with van der Waals surface area (Å²) in [6, 6.07) is 25.4. The van der Waals surface area contributed by atoms with Gasteiger partial charge in [0.2, 0.25) is 5.75 Å². The second kappa shape index (κ2) is 10.8. The van der Waals surface area contributed by atoms with Crippen LogP contribution in [0.2, 0.25) is 10.0 Å². The average Bonchev–Trinajstić information content (AvgIpc) is 2.86. The number of ether oxygens (including phenoxy) is 2. The van der Waals surface area contributed by atoms with Gasteiger partial charge in [0.15, 0.2) is 5.75 Å². The van der Waals surface area contributed by atoms with Crippen molar-refractivity contribution >= 4 is 45.2 Å². The minimum atomic E-state index is -4.15. The van der Waals surface area contributed by atoms with E-state index < -0.39 is 10.1 Å². The van der Waals surface area contributed by atoms with Gasteiger partial charge in [-0.15, -0.1) is 0 Å². The molecule has 4 aromatic carbocycles. The van der Waals surface area contributed by atoms with Crippen LogP contribution in [0, 0.1) is 0 Å². The standard InChI is InChI=1S/C26H19Cl2NO5S/c1-32-25-16-18(15-24(28)26(25)34-35(30,31)23-13-7-19(27)8-14-23)17-29-20-9-11-22(12-10-20)33-21-5-3-2-4-6-21/h2-17H,1H3. The molecule has 0 N–H and O–H groups in total. The monoisotopic (exact) mass is 527 g/mol. The van der Waals surface area contributed by atoms with Crippen molar-refractivity contribution < 1.29 is 22.1 Å². The smallest absolute Gasteiger partial charge is 0.339 e. The second-order valence-electron chi connectivity index (χ2n) is 7.19. The van der Waals surface area contributed by atoms with E-state index in [0.717, 1.165) is 5.75 Å². The molecule has 0 unspecified atom stereocenters. The van der Waals surface area contributed by atoms with E-state index in [0.29, 0.717) is 22.0 Å². The lowest BCUT2D eigenvalue weighted by Crippen LogP contribution is -2.11. The number of hydrogen-bond donors (Lipinski definition) is 0. The first-order chi connectivity index (χ1) is 16.8. The lowest BCUT2D eigenvalue weighted by atomic mass is 10.2. The molecule has 0 amide bonds. The van der Waals surface area contributed by atoms with Crippen molar-refractivity contribution in [3.05, 3.63) is 107 Å². The summed E-state index contributed by atoms with van der Waals surface area (Å²) in [4.78, 5) is 4.37. The zero-order valence-corrected chi connectivity index (χ0v) is 20.7. The maximum Gasteiger partial charge on any atom is 0.339 e. The van der Waals surface area contributed by atoms with E-state index >= 15 is 0 Å². The Hall–Kier alpha value is -3.52. The Morgan fingerprint density at radius 1 is 0.829 bits per heavy atom. The lowest BCUT2D eigenvalue weighted by molar-refractivity contribution is 0.390. The number of methoxy groups -OCH3 is 1. The molecule has 4 aromatic rings. The molecule has 0 aliphatic rings. The van der Waals surface area contributed by atoms with Crippen LogP contribution in [0.5, 0.6) is 23.0 Å². The highest BCUT2D eigenvalue weighted by atomic mass is 35.5. The highest BCUT2D eigenvalue weighted by molar-refractivity contribution is 7.87. The van der Waals surface area contributed by atoms with Gasteiger partial charge in [0.25, 0.3) is 0 Å². The molecule has 178 valence electrons. The summed E-state index contributed by atoms with van der Waals surface area (Å²) in [5, 5.41) is 0.455. The van der Waals surface area contributed by atoms with E-state index in [4.69, 9.17) is 36.9 Å². The number of para-hydroxylation sites is 1. The molecule has 0 fully saturated rings. The van der Waals surface area contributed by atoms with Crippen molar-refractivity contribution in [1.29, 1.82) is 0 Å². The van der Waals surface area contributed by atoms with Crippen molar-refractivity contribution in [2.24, 2.45) is 4.99 Å². The largest absolute Gasteiger partial charge is 0.493 e. The molecule has 9 heteroatoms. The highest BCUT2D eigenvalue weighted by Gasteiger charge is 2.22. The first-order valence-electron chi connectivity index (χ1n) is 10.3. The molecule has 0 aromatic heterocycles. The van der Waals surface area contributed by atoms with Crippen LogP contribution in [-0.4, -0.2) is 21.7 Å². The van der Waals surface area contributed by atoms with E-state index in [-0.39, 0.29) is 21.4 Å². The normalized spacial score (nSPS) is 11.4. The molecule has 4 rings (SSSR count). The Labute approximate surface area is 213 Å². The van der Waals surface area contributed by atoms with Crippen molar-refractivity contribution in [1.82, 2.24) is 0 Å². The number of benzene rings is 4. The van der Waals surface area contributed by atoms with Crippen molar-refractivity contribution in [3.63, 3.8) is 0 Å². The van der Waals surface area contributed by atoms with Gasteiger partial charge in [0.1, 0.15) is 16.4 Å². The van der Waals surface area contributed by atoms with Gasteiger partial charge in [-0.05, 0) is 78.4 Å². The summed E-state index contributed by atoms with van der Waals surface area (Å²) in [6.45, 7) is 0. The Kier molecular flexibility index (Phi) is 7.60. The average molecular weight is 528 g/mol. The van der Waals surface area contributed by atoms with Crippen LogP contribution in [0.3, 0.4) is 0 Å². The maximum absolute atomic E-state index is 12.7. The van der Waals surface area contributed by atoms with Gasteiger partial charge in [-0.1, -0.05) is 41.4 Å². The van der Waals surface area contributed by atoms with Crippen LogP contribution in [-0.2, 0) is 10.1 Å². The van der Waals surface area contributed by atoms with E-state index in [9.17, 15) is 8.42 Å². The van der Waals surface area contributed by atoms with E-state index in [1.54, 1.807) is 12.3 Å². The van der Waals surface area contributed by atoms with Crippen LogP contribution >= 0.6 is 23.2 Å². The summed E-state index contributed by atoms with van der Waals surface area (Å²) in [5.74, 6) is 1.45. The molecule has 0 heterocycles. The summed E-state index contributed by atoms with van der Waals surface area (Å²) in [7, 11) is -2.76. The van der Waals surface area contributed by atoms with Gasteiger partial charge in [-0.25, -0.2) is 0 Å². The van der Waals surface area contributed by atoms with Gasteiger partial charge in [-0.3, -0.25) is 4.99 Å². The molecule has 0 aliphatic heterocycles. The van der Waals surface area contributed by atoms with Crippen LogP contribution in [0.25, 0.3) is 0 Å². The van der Waals surface area contributed by atoms with Crippen molar-refractivity contribution in [3.8, 4) is 23.0 Å². The van der Waals surface area contributed by atoms with Gasteiger partial charge in [0, 0.05) is 11.2 Å². The number of halogens is 2. The predicted molar refractivity (Wildman–Crippen MR) is 137 cm³/mol. The summed E-state index contributed by atoms with van der Waals surface area (Å²) in [6.07, 6.45) is 1.58. The number of rotatable bonds is 8. The topological polar surface area (TPSA) is 74.2 Å². The molecule has 35 heavy (non-hydrogen) atoms. The second-order valence-corrected chi connectivity index (χ2v) is 9.58. The van der Waals surface area contributed by atoms with Gasteiger partial charge < -0.3 is 13.7 Å². The molecule has 0 saturated carbocycles. The summed E-state index contributed by atoms with van der Waals surface area (Å²) >= 11 is 12.2. The molecule has 0 saturated heterocycles. The Balaban J connectivity index is 1.51. The molecule has 6 nitrogen and oxygen atoms in total. The Bertz CT molecular complexity index is 1440. The van der Waals surface area contributed by atoms with E-state index in [1.807, 2.05) is 54.6 Å². The molecule has 0 radical (unpaired) electrons. The highest BCUT2D eigenvalue weighted by Crippen LogP contribution is 2.38. The SMILES string of the molecule is COc1cc(C=Nc2ccc(Oc3ccccc3)cc2)cc(Cl)c1OS(=O)(=O)c1ccc(Cl)cc1. The molecular weight excluding hydrogens is 509 g/mol. The van der Waals surface area contributed by atoms with Crippen LogP contribution in [0.1, 0.15) is 5.56 Å². The first-order valence-corrected chi connectivity index (χ1v) is 12.4. The molecule has 0 aliphatic carbocycles. The molecule has 0 bridgehead atoms. The third-order valence-electron chi connectivity index (χ3n) is 4.73. The maximum atomic E-state index is 12.7. The van der Waals surface area contributed by atoms with Crippen LogP contribution in [0.15, 0.2) is 101 Å². The van der Waals surface area contributed by atoms with Gasteiger partial charge >= 0.3 is 10.1 Å². The fourth-order valence-electron chi connectivity index (χ4n) is 3.03. The van der Waals surface area contributed by atoms with Crippen LogP contribution < -0.4 is 13.7 Å². The number of nitrogens with zero attached hydrogens (tertiary/aromatic N) is 1. The molecule has 0 atom stereocenters. The summed E-state index contributed by atoms with van der Waals surface area (Å²) < 4.78 is 41.7. The van der Waals surface area contributed by atoms with E-state index in [1.165, 1.54) is 37.4 Å². The zero-order valence-electron chi connectivity index (χ0n) is 18.4. The minimum Gasteiger partial charge on any atom is -0.493 e. The fraction of sp³-hybridized carbons (Fsp3) is 0.0385. The fourth-order valence-corrected chi connectivity index (χ4v) is 4.41. The van der Waals surface area contributed by atoms with E-state index in [2.05, 4.69) is 4.99 Å². The third kappa shape index (κ3) is 6.33. The van der Waals surface area contributed by atoms with Gasteiger partial charge in [0.05, 0.1) is 17.8 Å². The number of hydrogen-bond acceptors (Lipinski definition) is 6. The molecular formula is C26H19Cl2NO5S. The predicted octanol–water partition coefficient (Wildman–Crippen LogP) is 7.31. The third-order valence-corrected chi connectivity index (χ3v) is 6.49. The van der Waals surface area contributed by atoms with Crippen molar-refractivity contribution in [2.45, 2.75) is 4.90 Å². The van der Waals surface area contributed by atoms with Crippen molar-refractivity contribution in [2.75, 3.05) is 7.11 Å². The lowest BCUT2D eigenvalue weighted by Gasteiger charge is -2.13. The van der Waals surface area contributed by atoms with Gasteiger partial charge in [-0.2, -0.15) is 8.42 Å². The Morgan fingerprint density at radius 3 is 2.14 bits per heavy atom.